The number of benzene rings is 1. The summed E-state index contributed by atoms with van der Waals surface area (Å²) in [6.07, 6.45) is 2.58. The Balaban J connectivity index is 1.77. The van der Waals surface area contributed by atoms with Crippen LogP contribution >= 0.6 is 0 Å². The van der Waals surface area contributed by atoms with Crippen molar-refractivity contribution in [2.45, 2.75) is 32.8 Å². The van der Waals surface area contributed by atoms with E-state index in [1.165, 1.54) is 11.3 Å². The molecule has 0 unspecified atom stereocenters. The van der Waals surface area contributed by atoms with E-state index in [4.69, 9.17) is 9.72 Å². The first-order valence-electron chi connectivity index (χ1n) is 8.63. The Morgan fingerprint density at radius 3 is 2.75 bits per heavy atom. The van der Waals surface area contributed by atoms with Crippen LogP contribution in [0.25, 0.3) is 16.9 Å². The molecule has 0 spiro atoms. The van der Waals surface area contributed by atoms with Crippen LogP contribution in [0, 0.1) is 13.8 Å². The van der Waals surface area contributed by atoms with Gasteiger partial charge < -0.3 is 10.1 Å². The van der Waals surface area contributed by atoms with E-state index in [2.05, 4.69) is 66.0 Å². The smallest absolute Gasteiger partial charge is 0.139 e. The summed E-state index contributed by atoms with van der Waals surface area (Å²) in [5, 5.41) is 3.61. The fourth-order valence-corrected chi connectivity index (χ4v) is 3.35. The number of aromatic nitrogens is 2. The number of hydrogen-bond donors (Lipinski definition) is 1. The average molecular weight is 321 g/mol. The molecule has 0 aliphatic carbocycles. The molecule has 0 bridgehead atoms. The first-order chi connectivity index (χ1) is 11.7. The molecule has 3 aromatic rings. The average Bonchev–Trinajstić information content (AvgIpc) is 3.21. The van der Waals surface area contributed by atoms with Crippen LogP contribution in [0.3, 0.4) is 0 Å². The Morgan fingerprint density at radius 1 is 1.17 bits per heavy atom. The van der Waals surface area contributed by atoms with Gasteiger partial charge in [0.1, 0.15) is 17.2 Å². The van der Waals surface area contributed by atoms with Crippen LogP contribution in [0.15, 0.2) is 42.5 Å². The lowest BCUT2D eigenvalue weighted by Gasteiger charge is -2.14. The summed E-state index contributed by atoms with van der Waals surface area (Å²) in [7, 11) is 0. The molecule has 124 valence electrons. The van der Waals surface area contributed by atoms with Crippen molar-refractivity contribution in [3.8, 4) is 11.3 Å². The van der Waals surface area contributed by atoms with Crippen molar-refractivity contribution in [1.82, 2.24) is 9.38 Å². The Labute approximate surface area is 142 Å². The van der Waals surface area contributed by atoms with Crippen molar-refractivity contribution < 1.29 is 4.74 Å². The minimum absolute atomic E-state index is 0.297. The molecule has 1 saturated heterocycles. The second-order valence-electron chi connectivity index (χ2n) is 6.55. The van der Waals surface area contributed by atoms with E-state index in [-0.39, 0.29) is 0 Å². The molecule has 3 heterocycles. The van der Waals surface area contributed by atoms with Crippen molar-refractivity contribution >= 4 is 11.5 Å². The minimum atomic E-state index is 0.297. The minimum Gasteiger partial charge on any atom is -0.376 e. The van der Waals surface area contributed by atoms with Gasteiger partial charge in [-0.2, -0.15) is 0 Å². The zero-order valence-electron chi connectivity index (χ0n) is 14.2. The topological polar surface area (TPSA) is 38.6 Å². The van der Waals surface area contributed by atoms with E-state index in [1.54, 1.807) is 0 Å². The van der Waals surface area contributed by atoms with E-state index in [0.717, 1.165) is 48.7 Å². The third-order valence-electron chi connectivity index (χ3n) is 4.68. The van der Waals surface area contributed by atoms with E-state index in [1.807, 2.05) is 0 Å². The van der Waals surface area contributed by atoms with Crippen LogP contribution < -0.4 is 5.32 Å². The quantitative estimate of drug-likeness (QED) is 0.782. The van der Waals surface area contributed by atoms with Crippen LogP contribution in [-0.2, 0) is 4.74 Å². The van der Waals surface area contributed by atoms with Gasteiger partial charge in [-0.15, -0.1) is 0 Å². The van der Waals surface area contributed by atoms with Crippen molar-refractivity contribution in [2.75, 3.05) is 18.5 Å². The third kappa shape index (κ3) is 2.78. The molecule has 1 aliphatic rings. The highest BCUT2D eigenvalue weighted by atomic mass is 16.5. The lowest BCUT2D eigenvalue weighted by molar-refractivity contribution is 0.120. The summed E-state index contributed by atoms with van der Waals surface area (Å²) in [6, 6.07) is 14.8. The van der Waals surface area contributed by atoms with Gasteiger partial charge >= 0.3 is 0 Å². The standard InChI is InChI=1S/C20H23N3O/c1-14-8-10-16(11-9-14)19-20(21-13-17-6-4-12-24-17)23-15(2)5-3-7-18(23)22-19/h3,5,7-11,17,21H,4,6,12-13H2,1-2H3/t17-/m1/s1. The lowest BCUT2D eigenvalue weighted by Crippen LogP contribution is -2.19. The molecule has 2 aromatic heterocycles. The van der Waals surface area contributed by atoms with Crippen molar-refractivity contribution in [3.63, 3.8) is 0 Å². The first kappa shape index (κ1) is 15.2. The van der Waals surface area contributed by atoms with Gasteiger partial charge in [0.05, 0.1) is 6.10 Å². The molecule has 0 radical (unpaired) electrons. The highest BCUT2D eigenvalue weighted by molar-refractivity contribution is 5.77. The van der Waals surface area contributed by atoms with Gasteiger partial charge in [-0.25, -0.2) is 4.98 Å². The van der Waals surface area contributed by atoms with Gasteiger partial charge in [-0.3, -0.25) is 4.40 Å². The van der Waals surface area contributed by atoms with Crippen LogP contribution in [-0.4, -0.2) is 28.6 Å². The zero-order chi connectivity index (χ0) is 16.5. The predicted octanol–water partition coefficient (Wildman–Crippen LogP) is 4.21. The SMILES string of the molecule is Cc1ccc(-c2nc3cccc(C)n3c2NC[C@H]2CCCO2)cc1. The molecular weight excluding hydrogens is 298 g/mol. The maximum Gasteiger partial charge on any atom is 0.139 e. The Bertz CT molecular complexity index is 845. The number of hydrogen-bond acceptors (Lipinski definition) is 3. The molecule has 4 rings (SSSR count). The van der Waals surface area contributed by atoms with E-state index >= 15 is 0 Å². The molecule has 24 heavy (non-hydrogen) atoms. The largest absolute Gasteiger partial charge is 0.376 e. The number of nitrogens with one attached hydrogen (secondary N) is 1. The molecule has 0 amide bonds. The highest BCUT2D eigenvalue weighted by Crippen LogP contribution is 2.30. The van der Waals surface area contributed by atoms with Crippen LogP contribution in [0.5, 0.6) is 0 Å². The summed E-state index contributed by atoms with van der Waals surface area (Å²) in [6.45, 7) is 5.92. The summed E-state index contributed by atoms with van der Waals surface area (Å²) in [5.74, 6) is 1.06. The number of anilines is 1. The van der Waals surface area contributed by atoms with Crippen molar-refractivity contribution in [3.05, 3.63) is 53.7 Å². The van der Waals surface area contributed by atoms with Gasteiger partial charge in [0.25, 0.3) is 0 Å². The maximum atomic E-state index is 5.76. The number of imidazole rings is 1. The molecule has 1 fully saturated rings. The summed E-state index contributed by atoms with van der Waals surface area (Å²) >= 11 is 0. The normalized spacial score (nSPS) is 17.5. The number of aryl methyl sites for hydroxylation is 2. The number of rotatable bonds is 4. The molecular formula is C20H23N3O. The number of nitrogens with zero attached hydrogens (tertiary/aromatic N) is 2. The van der Waals surface area contributed by atoms with Gasteiger partial charge in [0.15, 0.2) is 0 Å². The Hall–Kier alpha value is -2.33. The van der Waals surface area contributed by atoms with Gasteiger partial charge in [0.2, 0.25) is 0 Å². The molecule has 4 heteroatoms. The molecule has 1 aliphatic heterocycles. The monoisotopic (exact) mass is 321 g/mol. The molecule has 1 N–H and O–H groups in total. The second-order valence-corrected chi connectivity index (χ2v) is 6.55. The summed E-state index contributed by atoms with van der Waals surface area (Å²) < 4.78 is 7.96. The summed E-state index contributed by atoms with van der Waals surface area (Å²) in [5.41, 5.74) is 5.54. The maximum absolute atomic E-state index is 5.76. The third-order valence-corrected chi connectivity index (χ3v) is 4.68. The second kappa shape index (κ2) is 6.29. The molecule has 1 atom stereocenters. The van der Waals surface area contributed by atoms with E-state index < -0.39 is 0 Å². The Kier molecular flexibility index (Phi) is 3.98. The number of ether oxygens (including phenoxy) is 1. The molecule has 0 saturated carbocycles. The lowest BCUT2D eigenvalue weighted by atomic mass is 10.1. The van der Waals surface area contributed by atoms with Gasteiger partial charge in [-0.1, -0.05) is 35.9 Å². The Morgan fingerprint density at radius 2 is 2.00 bits per heavy atom. The van der Waals surface area contributed by atoms with Gasteiger partial charge in [-0.05, 0) is 38.8 Å². The predicted molar refractivity (Wildman–Crippen MR) is 97.6 cm³/mol. The summed E-state index contributed by atoms with van der Waals surface area (Å²) in [4.78, 5) is 4.88. The fourth-order valence-electron chi connectivity index (χ4n) is 3.35. The molecule has 4 nitrogen and oxygen atoms in total. The molecule has 1 aromatic carbocycles. The van der Waals surface area contributed by atoms with Gasteiger partial charge in [0, 0.05) is 24.4 Å². The fraction of sp³-hybridized carbons (Fsp3) is 0.350. The number of fused-ring (bicyclic) bond motifs is 1. The van der Waals surface area contributed by atoms with Crippen LogP contribution in [0.1, 0.15) is 24.1 Å². The van der Waals surface area contributed by atoms with E-state index in [9.17, 15) is 0 Å². The first-order valence-corrected chi connectivity index (χ1v) is 8.63. The van der Waals surface area contributed by atoms with Crippen molar-refractivity contribution in [1.29, 1.82) is 0 Å². The van der Waals surface area contributed by atoms with Crippen LogP contribution in [0.4, 0.5) is 5.82 Å². The van der Waals surface area contributed by atoms with Crippen LogP contribution in [0.2, 0.25) is 0 Å². The highest BCUT2D eigenvalue weighted by Gasteiger charge is 2.19. The van der Waals surface area contributed by atoms with E-state index in [0.29, 0.717) is 6.10 Å². The zero-order valence-corrected chi connectivity index (χ0v) is 14.2. The number of pyridine rings is 1. The van der Waals surface area contributed by atoms with Crippen molar-refractivity contribution in [2.24, 2.45) is 0 Å².